The van der Waals surface area contributed by atoms with Crippen LogP contribution in [0.1, 0.15) is 13.8 Å². The molecule has 0 aromatic rings. The Bertz CT molecular complexity index is 162. The Morgan fingerprint density at radius 2 is 1.70 bits per heavy atom. The zero-order valence-electron chi connectivity index (χ0n) is 6.14. The Labute approximate surface area is 72.2 Å². The predicted molar refractivity (Wildman–Crippen MR) is 31.6 cm³/mol. The van der Waals surface area contributed by atoms with Crippen molar-refractivity contribution < 1.29 is 33.8 Å². The van der Waals surface area contributed by atoms with E-state index < -0.39 is 11.9 Å². The van der Waals surface area contributed by atoms with Crippen molar-refractivity contribution in [3.05, 3.63) is 12.2 Å². The molecule has 52 valence electrons. The van der Waals surface area contributed by atoms with Crippen LogP contribution < -0.4 is 0 Å². The van der Waals surface area contributed by atoms with Crippen LogP contribution in [0.5, 0.6) is 0 Å². The summed E-state index contributed by atoms with van der Waals surface area (Å²) >= 11 is 0. The van der Waals surface area contributed by atoms with Gasteiger partial charge in [0.2, 0.25) is 0 Å². The minimum absolute atomic E-state index is 0. The molecule has 0 N–H and O–H groups in total. The number of rotatable bonds is 1. The molecule has 0 radical (unpaired) electrons. The van der Waals surface area contributed by atoms with E-state index in [0.717, 1.165) is 0 Å². The Morgan fingerprint density at radius 1 is 1.30 bits per heavy atom. The molecule has 0 aromatic carbocycles. The van der Waals surface area contributed by atoms with Gasteiger partial charge in [-0.1, -0.05) is 6.58 Å². The molecular formula is C6H8O3Zn. The normalized spacial score (nSPS) is 7.40. The summed E-state index contributed by atoms with van der Waals surface area (Å²) in [5, 5.41) is 0. The van der Waals surface area contributed by atoms with Crippen LogP contribution in [0, 0.1) is 0 Å². The van der Waals surface area contributed by atoms with E-state index in [4.69, 9.17) is 0 Å². The largest absolute Gasteiger partial charge is 0.390 e. The summed E-state index contributed by atoms with van der Waals surface area (Å²) in [5.41, 5.74) is 0.227. The second kappa shape index (κ2) is 5.30. The predicted octanol–water partition coefficient (Wildman–Crippen LogP) is 0.650. The molecule has 0 aliphatic heterocycles. The molecule has 0 aliphatic rings. The topological polar surface area (TPSA) is 43.4 Å². The number of hydrogen-bond donors (Lipinski definition) is 0. The second-order valence-electron chi connectivity index (χ2n) is 1.66. The molecule has 0 fully saturated rings. The zero-order valence-corrected chi connectivity index (χ0v) is 9.11. The van der Waals surface area contributed by atoms with Gasteiger partial charge in [-0.05, 0) is 6.92 Å². The van der Waals surface area contributed by atoms with Crippen LogP contribution in [-0.2, 0) is 33.8 Å². The van der Waals surface area contributed by atoms with E-state index in [0.29, 0.717) is 0 Å². The Hall–Kier alpha value is -0.497. The number of carbonyl (C=O) groups is 2. The van der Waals surface area contributed by atoms with Crippen LogP contribution in [0.2, 0.25) is 0 Å². The number of esters is 2. The van der Waals surface area contributed by atoms with Crippen LogP contribution in [0.4, 0.5) is 0 Å². The summed E-state index contributed by atoms with van der Waals surface area (Å²) in [4.78, 5) is 20.5. The molecule has 0 amide bonds. The second-order valence-corrected chi connectivity index (χ2v) is 1.66. The first-order valence-corrected chi connectivity index (χ1v) is 2.42. The summed E-state index contributed by atoms with van der Waals surface area (Å²) in [5.74, 6) is -1.27. The number of carbonyl (C=O) groups excluding carboxylic acids is 2. The summed E-state index contributed by atoms with van der Waals surface area (Å²) in [7, 11) is 0. The molecule has 10 heavy (non-hydrogen) atoms. The van der Waals surface area contributed by atoms with Gasteiger partial charge in [0.05, 0.1) is 0 Å². The average Bonchev–Trinajstić information content (AvgIpc) is 1.63. The first-order chi connectivity index (χ1) is 4.04. The first kappa shape index (κ1) is 12.2. The standard InChI is InChI=1S/C6H8O3.Zn/c1-4(2)6(8)9-5(3)7;/h1H2,2-3H3;. The molecule has 0 unspecified atom stereocenters. The van der Waals surface area contributed by atoms with E-state index in [1.54, 1.807) is 0 Å². The summed E-state index contributed by atoms with van der Waals surface area (Å²) < 4.78 is 4.13. The fourth-order valence-corrected chi connectivity index (χ4v) is 0.218. The fourth-order valence-electron chi connectivity index (χ4n) is 0.218. The van der Waals surface area contributed by atoms with Crippen LogP contribution in [0.3, 0.4) is 0 Å². The van der Waals surface area contributed by atoms with Gasteiger partial charge in [0.15, 0.2) is 0 Å². The van der Waals surface area contributed by atoms with Crippen molar-refractivity contribution in [2.45, 2.75) is 13.8 Å². The van der Waals surface area contributed by atoms with Crippen molar-refractivity contribution in [1.29, 1.82) is 0 Å². The van der Waals surface area contributed by atoms with E-state index in [1.807, 2.05) is 0 Å². The van der Waals surface area contributed by atoms with Gasteiger partial charge < -0.3 is 4.74 Å². The number of hydrogen-bond acceptors (Lipinski definition) is 3. The van der Waals surface area contributed by atoms with Crippen molar-refractivity contribution in [3.63, 3.8) is 0 Å². The van der Waals surface area contributed by atoms with Crippen molar-refractivity contribution in [2.24, 2.45) is 0 Å². The van der Waals surface area contributed by atoms with E-state index in [-0.39, 0.29) is 25.1 Å². The third-order valence-corrected chi connectivity index (χ3v) is 0.585. The van der Waals surface area contributed by atoms with E-state index in [2.05, 4.69) is 11.3 Å². The van der Waals surface area contributed by atoms with Gasteiger partial charge in [0.25, 0.3) is 0 Å². The van der Waals surface area contributed by atoms with Crippen molar-refractivity contribution >= 4 is 11.9 Å². The molecule has 0 aliphatic carbocycles. The van der Waals surface area contributed by atoms with Crippen molar-refractivity contribution in [1.82, 2.24) is 0 Å². The van der Waals surface area contributed by atoms with E-state index in [1.165, 1.54) is 13.8 Å². The minimum atomic E-state index is -0.664. The molecule has 3 nitrogen and oxygen atoms in total. The molecular weight excluding hydrogens is 185 g/mol. The third kappa shape index (κ3) is 5.64. The molecule has 4 heteroatoms. The smallest absolute Gasteiger partial charge is 0.340 e. The van der Waals surface area contributed by atoms with Gasteiger partial charge in [-0.15, -0.1) is 0 Å². The van der Waals surface area contributed by atoms with E-state index >= 15 is 0 Å². The molecule has 0 heterocycles. The van der Waals surface area contributed by atoms with Gasteiger partial charge in [-0.2, -0.15) is 0 Å². The SMILES string of the molecule is C=C(C)C(=O)OC(C)=O.[Zn]. The summed E-state index contributed by atoms with van der Waals surface area (Å²) in [6.45, 7) is 5.93. The van der Waals surface area contributed by atoms with Crippen molar-refractivity contribution in [2.75, 3.05) is 0 Å². The molecule has 0 atom stereocenters. The van der Waals surface area contributed by atoms with Crippen LogP contribution in [0.25, 0.3) is 0 Å². The average molecular weight is 194 g/mol. The summed E-state index contributed by atoms with van der Waals surface area (Å²) in [6.07, 6.45) is 0. The maximum absolute atomic E-state index is 10.4. The first-order valence-electron chi connectivity index (χ1n) is 2.42. The maximum Gasteiger partial charge on any atom is 0.340 e. The van der Waals surface area contributed by atoms with Gasteiger partial charge in [-0.3, -0.25) is 4.79 Å². The Morgan fingerprint density at radius 3 is 1.80 bits per heavy atom. The van der Waals surface area contributed by atoms with Crippen LogP contribution in [-0.4, -0.2) is 11.9 Å². The zero-order chi connectivity index (χ0) is 7.44. The van der Waals surface area contributed by atoms with Gasteiger partial charge >= 0.3 is 11.9 Å². The quantitative estimate of drug-likeness (QED) is 0.266. The van der Waals surface area contributed by atoms with E-state index in [9.17, 15) is 9.59 Å². The number of ether oxygens (including phenoxy) is 1. The van der Waals surface area contributed by atoms with Crippen LogP contribution in [0.15, 0.2) is 12.2 Å². The van der Waals surface area contributed by atoms with Gasteiger partial charge in [-0.25, -0.2) is 4.79 Å². The van der Waals surface area contributed by atoms with Gasteiger partial charge in [0, 0.05) is 32.0 Å². The molecule has 0 aromatic heterocycles. The molecule has 0 rings (SSSR count). The molecule has 0 saturated heterocycles. The maximum atomic E-state index is 10.4. The van der Waals surface area contributed by atoms with Crippen LogP contribution >= 0.6 is 0 Å². The molecule has 0 spiro atoms. The third-order valence-electron chi connectivity index (χ3n) is 0.585. The summed E-state index contributed by atoms with van der Waals surface area (Å²) in [6, 6.07) is 0. The van der Waals surface area contributed by atoms with Gasteiger partial charge in [0.1, 0.15) is 0 Å². The molecule has 0 saturated carbocycles. The fraction of sp³-hybridized carbons (Fsp3) is 0.333. The minimum Gasteiger partial charge on any atom is -0.390 e. The monoisotopic (exact) mass is 192 g/mol. The Kier molecular flexibility index (Phi) is 6.47. The molecule has 0 bridgehead atoms. The van der Waals surface area contributed by atoms with Crippen molar-refractivity contribution in [3.8, 4) is 0 Å². The Balaban J connectivity index is 0.